The number of carboxylic acid groups (broad SMARTS) is 1. The van der Waals surface area contributed by atoms with Gasteiger partial charge in [0.1, 0.15) is 0 Å². The molecule has 0 fully saturated rings. The van der Waals surface area contributed by atoms with Gasteiger partial charge < -0.3 is 10.4 Å². The fourth-order valence-corrected chi connectivity index (χ4v) is 2.69. The predicted octanol–water partition coefficient (Wildman–Crippen LogP) is 3.57. The summed E-state index contributed by atoms with van der Waals surface area (Å²) in [5, 5.41) is 11.7. The van der Waals surface area contributed by atoms with Crippen LogP contribution >= 0.6 is 11.8 Å². The lowest BCUT2D eigenvalue weighted by atomic mass is 10.1. The molecule has 0 saturated carbocycles. The molecule has 4 nitrogen and oxygen atoms in total. The standard InChI is InChI=1S/C17H17NO3S/c1-12-4-2-3-5-15(12)18-16(19)11-22-10-13-6-8-14(9-7-13)17(20)21/h2-9H,10-11H2,1H3,(H,18,19)(H,20,21). The second kappa shape index (κ2) is 7.66. The fourth-order valence-electron chi connectivity index (χ4n) is 1.90. The van der Waals surface area contributed by atoms with Crippen molar-refractivity contribution < 1.29 is 14.7 Å². The Hall–Kier alpha value is -2.27. The first-order chi connectivity index (χ1) is 10.6. The summed E-state index contributed by atoms with van der Waals surface area (Å²) in [4.78, 5) is 22.6. The molecule has 1 amide bonds. The highest BCUT2D eigenvalue weighted by atomic mass is 32.2. The maximum atomic E-state index is 11.9. The number of carbonyl (C=O) groups excluding carboxylic acids is 1. The molecule has 0 radical (unpaired) electrons. The Morgan fingerprint density at radius 2 is 1.77 bits per heavy atom. The minimum absolute atomic E-state index is 0.0403. The molecule has 114 valence electrons. The lowest BCUT2D eigenvalue weighted by Crippen LogP contribution is -2.14. The lowest BCUT2D eigenvalue weighted by molar-refractivity contribution is -0.113. The van der Waals surface area contributed by atoms with Crippen molar-refractivity contribution in [1.82, 2.24) is 0 Å². The van der Waals surface area contributed by atoms with E-state index in [0.717, 1.165) is 16.8 Å². The van der Waals surface area contributed by atoms with Crippen LogP contribution in [-0.4, -0.2) is 22.7 Å². The van der Waals surface area contributed by atoms with Crippen LogP contribution in [0.25, 0.3) is 0 Å². The molecule has 22 heavy (non-hydrogen) atoms. The van der Waals surface area contributed by atoms with E-state index in [4.69, 9.17) is 5.11 Å². The van der Waals surface area contributed by atoms with Crippen molar-refractivity contribution >= 4 is 29.3 Å². The van der Waals surface area contributed by atoms with Crippen LogP contribution in [0.5, 0.6) is 0 Å². The monoisotopic (exact) mass is 315 g/mol. The van der Waals surface area contributed by atoms with Crippen molar-refractivity contribution in [2.45, 2.75) is 12.7 Å². The maximum absolute atomic E-state index is 11.9. The number of thioether (sulfide) groups is 1. The van der Waals surface area contributed by atoms with Crippen molar-refractivity contribution in [1.29, 1.82) is 0 Å². The van der Waals surface area contributed by atoms with Crippen molar-refractivity contribution in [3.63, 3.8) is 0 Å². The average molecular weight is 315 g/mol. The van der Waals surface area contributed by atoms with E-state index < -0.39 is 5.97 Å². The smallest absolute Gasteiger partial charge is 0.335 e. The van der Waals surface area contributed by atoms with Crippen LogP contribution in [-0.2, 0) is 10.5 Å². The summed E-state index contributed by atoms with van der Waals surface area (Å²) in [7, 11) is 0. The summed E-state index contributed by atoms with van der Waals surface area (Å²) in [6, 6.07) is 14.3. The third-order valence-corrected chi connectivity index (χ3v) is 4.13. The van der Waals surface area contributed by atoms with E-state index in [9.17, 15) is 9.59 Å². The van der Waals surface area contributed by atoms with E-state index in [2.05, 4.69) is 5.32 Å². The molecule has 0 unspecified atom stereocenters. The number of aryl methyl sites for hydroxylation is 1. The number of para-hydroxylation sites is 1. The van der Waals surface area contributed by atoms with E-state index in [1.54, 1.807) is 24.3 Å². The molecule has 2 aromatic carbocycles. The summed E-state index contributed by atoms with van der Waals surface area (Å²) < 4.78 is 0. The van der Waals surface area contributed by atoms with Gasteiger partial charge >= 0.3 is 5.97 Å². The Bertz CT molecular complexity index is 668. The molecule has 0 atom stereocenters. The number of carbonyl (C=O) groups is 2. The molecular formula is C17H17NO3S. The highest BCUT2D eigenvalue weighted by Gasteiger charge is 2.05. The van der Waals surface area contributed by atoms with Crippen LogP contribution in [0, 0.1) is 6.92 Å². The van der Waals surface area contributed by atoms with Gasteiger partial charge in [0.25, 0.3) is 0 Å². The number of amides is 1. The molecule has 0 saturated heterocycles. The van der Waals surface area contributed by atoms with Gasteiger partial charge in [0.05, 0.1) is 11.3 Å². The quantitative estimate of drug-likeness (QED) is 0.855. The summed E-state index contributed by atoms with van der Waals surface area (Å²) in [5.41, 5.74) is 3.13. The lowest BCUT2D eigenvalue weighted by Gasteiger charge is -2.08. The second-order valence-electron chi connectivity index (χ2n) is 4.86. The molecule has 2 aromatic rings. The van der Waals surface area contributed by atoms with Crippen LogP contribution in [0.2, 0.25) is 0 Å². The van der Waals surface area contributed by atoms with Crippen molar-refractivity contribution in [3.8, 4) is 0 Å². The summed E-state index contributed by atoms with van der Waals surface area (Å²) in [5.74, 6) is 0.0501. The van der Waals surface area contributed by atoms with Crippen LogP contribution < -0.4 is 5.32 Å². The Balaban J connectivity index is 1.79. The van der Waals surface area contributed by atoms with Crippen LogP contribution in [0.3, 0.4) is 0 Å². The van der Waals surface area contributed by atoms with Gasteiger partial charge in [0.2, 0.25) is 5.91 Å². The largest absolute Gasteiger partial charge is 0.478 e. The molecule has 0 heterocycles. The van der Waals surface area contributed by atoms with Gasteiger partial charge in [-0.3, -0.25) is 4.79 Å². The summed E-state index contributed by atoms with van der Waals surface area (Å²) >= 11 is 1.49. The van der Waals surface area contributed by atoms with Gasteiger partial charge in [-0.25, -0.2) is 4.79 Å². The molecule has 0 aliphatic carbocycles. The molecule has 0 aromatic heterocycles. The number of hydrogen-bond donors (Lipinski definition) is 2. The molecule has 0 bridgehead atoms. The predicted molar refractivity (Wildman–Crippen MR) is 89.4 cm³/mol. The van der Waals surface area contributed by atoms with Crippen molar-refractivity contribution in [2.24, 2.45) is 0 Å². The number of aromatic carboxylic acids is 1. The summed E-state index contributed by atoms with van der Waals surface area (Å²) in [6.07, 6.45) is 0. The van der Waals surface area contributed by atoms with E-state index in [-0.39, 0.29) is 11.5 Å². The normalized spacial score (nSPS) is 10.2. The van der Waals surface area contributed by atoms with Crippen LogP contribution in [0.15, 0.2) is 48.5 Å². The van der Waals surface area contributed by atoms with Gasteiger partial charge in [-0.2, -0.15) is 0 Å². The van der Waals surface area contributed by atoms with E-state index in [1.807, 2.05) is 31.2 Å². The average Bonchev–Trinajstić information content (AvgIpc) is 2.50. The molecule has 0 aliphatic heterocycles. The first-order valence-electron chi connectivity index (χ1n) is 6.82. The zero-order valence-corrected chi connectivity index (χ0v) is 13.0. The zero-order chi connectivity index (χ0) is 15.9. The van der Waals surface area contributed by atoms with E-state index in [0.29, 0.717) is 11.5 Å². The molecule has 5 heteroatoms. The Labute approximate surface area is 133 Å². The van der Waals surface area contributed by atoms with Gasteiger partial charge in [-0.05, 0) is 36.2 Å². The van der Waals surface area contributed by atoms with Gasteiger partial charge in [0.15, 0.2) is 0 Å². The minimum atomic E-state index is -0.934. The highest BCUT2D eigenvalue weighted by molar-refractivity contribution is 7.99. The van der Waals surface area contributed by atoms with Crippen LogP contribution in [0.4, 0.5) is 5.69 Å². The number of hydrogen-bond acceptors (Lipinski definition) is 3. The molecule has 2 N–H and O–H groups in total. The maximum Gasteiger partial charge on any atom is 0.335 e. The SMILES string of the molecule is Cc1ccccc1NC(=O)CSCc1ccc(C(=O)O)cc1. The Kier molecular flexibility index (Phi) is 5.61. The third-order valence-electron chi connectivity index (χ3n) is 3.12. The van der Waals surface area contributed by atoms with E-state index in [1.165, 1.54) is 11.8 Å². The zero-order valence-electron chi connectivity index (χ0n) is 12.2. The van der Waals surface area contributed by atoms with Crippen molar-refractivity contribution in [3.05, 3.63) is 65.2 Å². The van der Waals surface area contributed by atoms with E-state index >= 15 is 0 Å². The Morgan fingerprint density at radius 3 is 2.41 bits per heavy atom. The van der Waals surface area contributed by atoms with Crippen molar-refractivity contribution in [2.75, 3.05) is 11.1 Å². The van der Waals surface area contributed by atoms with Gasteiger partial charge in [-0.1, -0.05) is 30.3 Å². The molecule has 2 rings (SSSR count). The number of carboxylic acids is 1. The number of nitrogens with one attached hydrogen (secondary N) is 1. The topological polar surface area (TPSA) is 66.4 Å². The third kappa shape index (κ3) is 4.63. The van der Waals surface area contributed by atoms with Crippen LogP contribution in [0.1, 0.15) is 21.5 Å². The van der Waals surface area contributed by atoms with Gasteiger partial charge in [-0.15, -0.1) is 11.8 Å². The summed E-state index contributed by atoms with van der Waals surface area (Å²) in [6.45, 7) is 1.95. The second-order valence-corrected chi connectivity index (χ2v) is 5.84. The molecular weight excluding hydrogens is 298 g/mol. The Morgan fingerprint density at radius 1 is 1.09 bits per heavy atom. The number of benzene rings is 2. The molecule has 0 aliphatic rings. The first-order valence-corrected chi connectivity index (χ1v) is 7.97. The fraction of sp³-hybridized carbons (Fsp3) is 0.176. The minimum Gasteiger partial charge on any atom is -0.478 e. The molecule has 0 spiro atoms. The highest BCUT2D eigenvalue weighted by Crippen LogP contribution is 2.16. The number of anilines is 1. The first kappa shape index (κ1) is 16.1. The number of rotatable bonds is 6. The van der Waals surface area contributed by atoms with Gasteiger partial charge in [0, 0.05) is 11.4 Å².